The summed E-state index contributed by atoms with van der Waals surface area (Å²) in [4.78, 5) is 23.6. The molecule has 3 aromatic rings. The van der Waals surface area contributed by atoms with Gasteiger partial charge < -0.3 is 24.8 Å². The number of anilines is 1. The number of hydrogen-bond donors (Lipinski definition) is 2. The summed E-state index contributed by atoms with van der Waals surface area (Å²) in [5.74, 6) is 0.553. The lowest BCUT2D eigenvalue weighted by Crippen LogP contribution is -2.48. The summed E-state index contributed by atoms with van der Waals surface area (Å²) in [6.07, 6.45) is 6.68. The minimum absolute atomic E-state index is 0.233. The number of benzene rings is 2. The van der Waals surface area contributed by atoms with Gasteiger partial charge >= 0.3 is 0 Å². The van der Waals surface area contributed by atoms with Gasteiger partial charge in [-0.1, -0.05) is 32.0 Å². The molecule has 1 aromatic heterocycles. The van der Waals surface area contributed by atoms with E-state index in [1.165, 1.54) is 5.56 Å². The van der Waals surface area contributed by atoms with Crippen LogP contribution in [0.5, 0.6) is 5.75 Å². The van der Waals surface area contributed by atoms with Crippen LogP contribution in [0, 0.1) is 0 Å². The predicted molar refractivity (Wildman–Crippen MR) is 144 cm³/mol. The number of nitrogens with zero attached hydrogens (tertiary/aromatic N) is 3. The molecule has 0 bridgehead atoms. The van der Waals surface area contributed by atoms with Gasteiger partial charge in [-0.05, 0) is 68.1 Å². The van der Waals surface area contributed by atoms with Crippen LogP contribution in [-0.4, -0.2) is 71.1 Å². The highest BCUT2D eigenvalue weighted by atomic mass is 16.3. The second-order valence-corrected chi connectivity index (χ2v) is 9.65. The first-order valence-corrected chi connectivity index (χ1v) is 13.2. The van der Waals surface area contributed by atoms with E-state index in [0.717, 1.165) is 81.5 Å². The summed E-state index contributed by atoms with van der Waals surface area (Å²) in [7, 11) is 0. The Balaban J connectivity index is 1.21. The molecule has 6 nitrogen and oxygen atoms in total. The van der Waals surface area contributed by atoms with Crippen LogP contribution < -0.4 is 4.90 Å². The van der Waals surface area contributed by atoms with Crippen LogP contribution in [-0.2, 0) is 11.2 Å². The van der Waals surface area contributed by atoms with Gasteiger partial charge in [0.1, 0.15) is 5.75 Å². The van der Waals surface area contributed by atoms with Crippen LogP contribution in [0.3, 0.4) is 0 Å². The maximum Gasteiger partial charge on any atom is 0.228 e. The van der Waals surface area contributed by atoms with Crippen molar-refractivity contribution >= 4 is 22.5 Å². The molecule has 1 amide bonds. The number of fused-ring (bicyclic) bond motifs is 1. The molecule has 1 aliphatic heterocycles. The van der Waals surface area contributed by atoms with Crippen molar-refractivity contribution in [2.24, 2.45) is 0 Å². The predicted octanol–water partition coefficient (Wildman–Crippen LogP) is 5.04. The molecule has 0 radical (unpaired) electrons. The zero-order chi connectivity index (χ0) is 24.6. The number of aromatic nitrogens is 1. The Bertz CT molecular complexity index is 1070. The van der Waals surface area contributed by atoms with Gasteiger partial charge in [0, 0.05) is 68.0 Å². The monoisotopic (exact) mass is 476 g/mol. The van der Waals surface area contributed by atoms with Gasteiger partial charge in [0.05, 0.1) is 0 Å². The fourth-order valence-electron chi connectivity index (χ4n) is 5.28. The Morgan fingerprint density at radius 2 is 1.69 bits per heavy atom. The van der Waals surface area contributed by atoms with Crippen molar-refractivity contribution in [3.8, 4) is 5.75 Å². The van der Waals surface area contributed by atoms with Gasteiger partial charge in [-0.25, -0.2) is 0 Å². The lowest BCUT2D eigenvalue weighted by atomic mass is 10.1. The minimum Gasteiger partial charge on any atom is -0.508 e. The van der Waals surface area contributed by atoms with Crippen LogP contribution >= 0.6 is 0 Å². The number of H-pyrrole nitrogens is 1. The maximum atomic E-state index is 13.2. The van der Waals surface area contributed by atoms with Gasteiger partial charge in [-0.2, -0.15) is 0 Å². The smallest absolute Gasteiger partial charge is 0.228 e. The number of para-hydroxylation sites is 1. The van der Waals surface area contributed by atoms with Crippen molar-refractivity contribution in [3.63, 3.8) is 0 Å². The molecule has 188 valence electrons. The molecular formula is C29H40N4O2. The van der Waals surface area contributed by atoms with Crippen LogP contribution in [0.25, 0.3) is 10.9 Å². The SMILES string of the molecule is CCC(CC)N(C(=O)CCN1CCN(CCCc2c[nH]c3ccc(O)cc23)CC1)c1ccccc1. The standard InChI is InChI=1S/C29H40N4O2/c1-3-24(4-2)33(25-10-6-5-7-11-25)29(35)14-16-32-19-17-31(18-20-32)15-8-9-23-22-30-28-13-12-26(34)21-27(23)28/h5-7,10-13,21-22,24,30,34H,3-4,8-9,14-20H2,1-2H3. The van der Waals surface area contributed by atoms with E-state index < -0.39 is 0 Å². The van der Waals surface area contributed by atoms with E-state index in [0.29, 0.717) is 12.2 Å². The van der Waals surface area contributed by atoms with Crippen molar-refractivity contribution in [1.29, 1.82) is 0 Å². The highest BCUT2D eigenvalue weighted by Crippen LogP contribution is 2.24. The summed E-state index contributed by atoms with van der Waals surface area (Å²) in [6, 6.07) is 15.9. The van der Waals surface area contributed by atoms with Crippen molar-refractivity contribution in [2.45, 2.75) is 52.0 Å². The number of carbonyl (C=O) groups is 1. The Morgan fingerprint density at radius 1 is 1.00 bits per heavy atom. The topological polar surface area (TPSA) is 62.8 Å². The molecule has 6 heteroatoms. The van der Waals surface area contributed by atoms with Crippen LogP contribution in [0.1, 0.15) is 45.1 Å². The van der Waals surface area contributed by atoms with Crippen molar-refractivity contribution in [3.05, 3.63) is 60.3 Å². The zero-order valence-electron chi connectivity index (χ0n) is 21.2. The summed E-state index contributed by atoms with van der Waals surface area (Å²) in [5, 5.41) is 10.9. The first-order chi connectivity index (χ1) is 17.1. The Hall–Kier alpha value is -2.83. The first-order valence-electron chi connectivity index (χ1n) is 13.2. The van der Waals surface area contributed by atoms with E-state index in [1.54, 1.807) is 6.07 Å². The molecular weight excluding hydrogens is 436 g/mol. The number of piperazine rings is 1. The van der Waals surface area contributed by atoms with Gasteiger partial charge in [-0.3, -0.25) is 4.79 Å². The number of phenolic OH excluding ortho intramolecular Hbond substituents is 1. The van der Waals surface area contributed by atoms with Crippen molar-refractivity contribution < 1.29 is 9.90 Å². The van der Waals surface area contributed by atoms with Gasteiger partial charge in [-0.15, -0.1) is 0 Å². The molecule has 35 heavy (non-hydrogen) atoms. The molecule has 4 rings (SSSR count). The van der Waals surface area contributed by atoms with Crippen molar-refractivity contribution in [2.75, 3.05) is 44.2 Å². The summed E-state index contributed by atoms with van der Waals surface area (Å²) >= 11 is 0. The largest absolute Gasteiger partial charge is 0.508 e. The number of nitrogens with one attached hydrogen (secondary N) is 1. The lowest BCUT2D eigenvalue weighted by Gasteiger charge is -2.35. The molecule has 1 aliphatic rings. The van der Waals surface area contributed by atoms with E-state index >= 15 is 0 Å². The second kappa shape index (κ2) is 12.2. The van der Waals surface area contributed by atoms with Gasteiger partial charge in [0.2, 0.25) is 5.91 Å². The average molecular weight is 477 g/mol. The zero-order valence-corrected chi connectivity index (χ0v) is 21.2. The molecule has 2 heterocycles. The molecule has 2 N–H and O–H groups in total. The highest BCUT2D eigenvalue weighted by Gasteiger charge is 2.24. The number of aryl methyl sites for hydroxylation is 1. The Labute approximate surface area is 209 Å². The molecule has 0 unspecified atom stereocenters. The molecule has 1 saturated heterocycles. The third-order valence-electron chi connectivity index (χ3n) is 7.39. The number of phenols is 1. The summed E-state index contributed by atoms with van der Waals surface area (Å²) in [6.45, 7) is 10.4. The lowest BCUT2D eigenvalue weighted by molar-refractivity contribution is -0.119. The third kappa shape index (κ3) is 6.44. The number of aromatic hydroxyl groups is 1. The van der Waals surface area contributed by atoms with E-state index in [-0.39, 0.29) is 11.9 Å². The molecule has 1 fully saturated rings. The van der Waals surface area contributed by atoms with Crippen LogP contribution in [0.2, 0.25) is 0 Å². The third-order valence-corrected chi connectivity index (χ3v) is 7.39. The molecule has 0 saturated carbocycles. The van der Waals surface area contributed by atoms with Gasteiger partial charge in [0.25, 0.3) is 0 Å². The second-order valence-electron chi connectivity index (χ2n) is 9.65. The average Bonchev–Trinajstić information content (AvgIpc) is 3.29. The number of hydrogen-bond acceptors (Lipinski definition) is 4. The van der Waals surface area contributed by atoms with Crippen LogP contribution in [0.4, 0.5) is 5.69 Å². The quantitative estimate of drug-likeness (QED) is 0.407. The minimum atomic E-state index is 0.233. The number of carbonyl (C=O) groups excluding carboxylic acids is 1. The first kappa shape index (κ1) is 25.3. The van der Waals surface area contributed by atoms with Crippen LogP contribution in [0.15, 0.2) is 54.7 Å². The molecule has 2 aromatic carbocycles. The van der Waals surface area contributed by atoms with Gasteiger partial charge in [0.15, 0.2) is 0 Å². The molecule has 0 atom stereocenters. The fraction of sp³-hybridized carbons (Fsp3) is 0.483. The van der Waals surface area contributed by atoms with E-state index in [2.05, 4.69) is 34.8 Å². The van der Waals surface area contributed by atoms with E-state index in [4.69, 9.17) is 0 Å². The molecule has 0 spiro atoms. The fourth-order valence-corrected chi connectivity index (χ4v) is 5.28. The van der Waals surface area contributed by atoms with E-state index in [9.17, 15) is 9.90 Å². The summed E-state index contributed by atoms with van der Waals surface area (Å²) < 4.78 is 0. The molecule has 0 aliphatic carbocycles. The Kier molecular flexibility index (Phi) is 8.83. The van der Waals surface area contributed by atoms with Crippen molar-refractivity contribution in [1.82, 2.24) is 14.8 Å². The number of rotatable bonds is 11. The highest BCUT2D eigenvalue weighted by molar-refractivity contribution is 5.94. The maximum absolute atomic E-state index is 13.2. The Morgan fingerprint density at radius 3 is 2.37 bits per heavy atom. The number of aromatic amines is 1. The number of amides is 1. The van der Waals surface area contributed by atoms with E-state index in [1.807, 2.05) is 47.4 Å². The summed E-state index contributed by atoms with van der Waals surface area (Å²) in [5.41, 5.74) is 3.37. The normalized spacial score (nSPS) is 15.2.